The van der Waals surface area contributed by atoms with E-state index in [4.69, 9.17) is 0 Å². The van der Waals surface area contributed by atoms with Crippen molar-refractivity contribution >= 4 is 15.7 Å². The Morgan fingerprint density at radius 3 is 2.00 bits per heavy atom. The smallest absolute Gasteiger partial charge is 0.358 e. The lowest BCUT2D eigenvalue weighted by Crippen LogP contribution is -2.42. The van der Waals surface area contributed by atoms with Gasteiger partial charge in [-0.25, -0.2) is 8.42 Å². The van der Waals surface area contributed by atoms with Crippen molar-refractivity contribution in [2.75, 3.05) is 7.05 Å². The molecule has 13 heavy (non-hydrogen) atoms. The summed E-state index contributed by atoms with van der Waals surface area (Å²) in [7, 11) is -4.34. The van der Waals surface area contributed by atoms with Crippen molar-refractivity contribution in [3.8, 4) is 0 Å². The largest absolute Gasteiger partial charge is 0.498 e. The third-order valence-electron chi connectivity index (χ3n) is 1.40. The van der Waals surface area contributed by atoms with Gasteiger partial charge in [-0.05, 0) is 6.92 Å². The van der Waals surface area contributed by atoms with Crippen molar-refractivity contribution in [1.82, 2.24) is 5.32 Å². The second kappa shape index (κ2) is 3.52. The molecule has 0 aliphatic carbocycles. The van der Waals surface area contributed by atoms with Gasteiger partial charge in [0.25, 0.3) is 9.84 Å². The molecule has 0 saturated carbocycles. The van der Waals surface area contributed by atoms with Gasteiger partial charge >= 0.3 is 5.51 Å². The first kappa shape index (κ1) is 12.2. The maximum Gasteiger partial charge on any atom is 0.498 e. The number of sulfone groups is 1. The van der Waals surface area contributed by atoms with Gasteiger partial charge in [-0.2, -0.15) is 13.2 Å². The molecule has 0 aromatic rings. The highest BCUT2D eigenvalue weighted by molar-refractivity contribution is 7.93. The standard InChI is InChI=1S/C5H8F3NO3S/c1-3(4(10)9-2)13(11,12)5(6,7)8/h3H,1-2H3,(H,9,10). The fraction of sp³-hybridized carbons (Fsp3) is 0.800. The summed E-state index contributed by atoms with van der Waals surface area (Å²) in [6, 6.07) is 0. The maximum atomic E-state index is 11.8. The first-order valence-corrected chi connectivity index (χ1v) is 4.71. The maximum absolute atomic E-state index is 11.8. The van der Waals surface area contributed by atoms with Gasteiger partial charge in [-0.3, -0.25) is 4.79 Å². The lowest BCUT2D eigenvalue weighted by Gasteiger charge is -2.13. The molecule has 1 unspecified atom stereocenters. The minimum atomic E-state index is -5.40. The van der Waals surface area contributed by atoms with Gasteiger partial charge in [0.05, 0.1) is 0 Å². The van der Waals surface area contributed by atoms with Crippen molar-refractivity contribution in [2.24, 2.45) is 0 Å². The van der Waals surface area contributed by atoms with Gasteiger partial charge in [0, 0.05) is 7.05 Å². The van der Waals surface area contributed by atoms with Crippen molar-refractivity contribution < 1.29 is 26.4 Å². The molecular formula is C5H8F3NO3S. The molecule has 0 aromatic carbocycles. The molecule has 0 radical (unpaired) electrons. The fourth-order valence-corrected chi connectivity index (χ4v) is 1.35. The molecule has 0 spiro atoms. The zero-order valence-corrected chi connectivity index (χ0v) is 7.66. The predicted molar refractivity (Wildman–Crippen MR) is 38.5 cm³/mol. The van der Waals surface area contributed by atoms with E-state index in [1.807, 2.05) is 5.32 Å². The molecule has 8 heteroatoms. The molecule has 1 amide bonds. The number of carbonyl (C=O) groups excluding carboxylic acids is 1. The van der Waals surface area contributed by atoms with E-state index in [0.29, 0.717) is 6.92 Å². The van der Waals surface area contributed by atoms with Gasteiger partial charge in [0.1, 0.15) is 5.25 Å². The number of amides is 1. The van der Waals surface area contributed by atoms with E-state index in [2.05, 4.69) is 0 Å². The van der Waals surface area contributed by atoms with Gasteiger partial charge in [-0.15, -0.1) is 0 Å². The molecule has 0 aliphatic heterocycles. The van der Waals surface area contributed by atoms with Gasteiger partial charge in [0.15, 0.2) is 0 Å². The summed E-state index contributed by atoms with van der Waals surface area (Å²) < 4.78 is 56.6. The van der Waals surface area contributed by atoms with E-state index >= 15 is 0 Å². The Morgan fingerprint density at radius 2 is 1.77 bits per heavy atom. The predicted octanol–water partition coefficient (Wildman–Crippen LogP) is 0.0555. The first-order chi connectivity index (χ1) is 5.64. The molecule has 1 N–H and O–H groups in total. The van der Waals surface area contributed by atoms with E-state index in [-0.39, 0.29) is 0 Å². The third-order valence-corrected chi connectivity index (χ3v) is 3.19. The lowest BCUT2D eigenvalue weighted by molar-refractivity contribution is -0.120. The zero-order valence-electron chi connectivity index (χ0n) is 6.84. The first-order valence-electron chi connectivity index (χ1n) is 3.16. The van der Waals surface area contributed by atoms with Crippen LogP contribution in [0, 0.1) is 0 Å². The number of carbonyl (C=O) groups is 1. The molecule has 0 saturated heterocycles. The molecule has 0 fully saturated rings. The number of hydrogen-bond acceptors (Lipinski definition) is 3. The summed E-state index contributed by atoms with van der Waals surface area (Å²) in [4.78, 5) is 10.6. The van der Waals surface area contributed by atoms with E-state index in [1.54, 1.807) is 0 Å². The van der Waals surface area contributed by atoms with Gasteiger partial charge < -0.3 is 5.32 Å². The molecular weight excluding hydrogens is 211 g/mol. The monoisotopic (exact) mass is 219 g/mol. The Morgan fingerprint density at radius 1 is 1.38 bits per heavy atom. The van der Waals surface area contributed by atoms with Gasteiger partial charge in [0.2, 0.25) is 5.91 Å². The third kappa shape index (κ3) is 2.33. The van der Waals surface area contributed by atoms with Crippen LogP contribution in [0.1, 0.15) is 6.92 Å². The SMILES string of the molecule is CNC(=O)C(C)S(=O)(=O)C(F)(F)F. The lowest BCUT2D eigenvalue weighted by atomic mass is 10.4. The quantitative estimate of drug-likeness (QED) is 0.714. The van der Waals surface area contributed by atoms with E-state index in [1.165, 1.54) is 0 Å². The van der Waals surface area contributed by atoms with Crippen LogP contribution < -0.4 is 5.32 Å². The van der Waals surface area contributed by atoms with Crippen molar-refractivity contribution in [3.05, 3.63) is 0 Å². The number of halogens is 3. The minimum Gasteiger partial charge on any atom is -0.358 e. The van der Waals surface area contributed by atoms with Crippen LogP contribution in [-0.4, -0.2) is 32.1 Å². The second-order valence-electron chi connectivity index (χ2n) is 2.25. The Bertz CT molecular complexity index is 295. The number of nitrogens with one attached hydrogen (secondary N) is 1. The van der Waals surface area contributed by atoms with Crippen LogP contribution in [0.15, 0.2) is 0 Å². The molecule has 4 nitrogen and oxygen atoms in total. The topological polar surface area (TPSA) is 63.2 Å². The number of hydrogen-bond donors (Lipinski definition) is 1. The van der Waals surface area contributed by atoms with Crippen molar-refractivity contribution in [1.29, 1.82) is 0 Å². The van der Waals surface area contributed by atoms with Crippen LogP contribution in [0.25, 0.3) is 0 Å². The molecule has 0 aliphatic rings. The molecule has 1 atom stereocenters. The van der Waals surface area contributed by atoms with E-state index in [9.17, 15) is 26.4 Å². The van der Waals surface area contributed by atoms with Crippen molar-refractivity contribution in [3.63, 3.8) is 0 Å². The van der Waals surface area contributed by atoms with Crippen LogP contribution in [0.5, 0.6) is 0 Å². The highest BCUT2D eigenvalue weighted by Crippen LogP contribution is 2.27. The van der Waals surface area contributed by atoms with Crippen molar-refractivity contribution in [2.45, 2.75) is 17.7 Å². The van der Waals surface area contributed by atoms with Crippen LogP contribution in [-0.2, 0) is 14.6 Å². The molecule has 0 rings (SSSR count). The van der Waals surface area contributed by atoms with Gasteiger partial charge in [-0.1, -0.05) is 0 Å². The summed E-state index contributed by atoms with van der Waals surface area (Å²) in [5.74, 6) is -1.18. The number of rotatable bonds is 2. The Balaban J connectivity index is 4.99. The molecule has 0 heterocycles. The number of alkyl halides is 3. The molecule has 0 bridgehead atoms. The van der Waals surface area contributed by atoms with Crippen LogP contribution >= 0.6 is 0 Å². The normalized spacial score (nSPS) is 15.2. The average molecular weight is 219 g/mol. The Hall–Kier alpha value is -0.790. The Labute approximate surface area is 73.0 Å². The Kier molecular flexibility index (Phi) is 3.31. The molecule has 78 valence electrons. The van der Waals surface area contributed by atoms with E-state index < -0.39 is 26.5 Å². The fourth-order valence-electron chi connectivity index (χ4n) is 0.545. The summed E-state index contributed by atoms with van der Waals surface area (Å²) in [6.07, 6.45) is 0. The highest BCUT2D eigenvalue weighted by atomic mass is 32.2. The zero-order chi connectivity index (χ0) is 10.9. The summed E-state index contributed by atoms with van der Waals surface area (Å²) in [6.45, 7) is 0.682. The minimum absolute atomic E-state index is 0.682. The van der Waals surface area contributed by atoms with E-state index in [0.717, 1.165) is 7.05 Å². The molecule has 0 aromatic heterocycles. The summed E-state index contributed by atoms with van der Waals surface area (Å²) in [5, 5.41) is -0.289. The summed E-state index contributed by atoms with van der Waals surface area (Å²) in [5.41, 5.74) is -5.39. The summed E-state index contributed by atoms with van der Waals surface area (Å²) >= 11 is 0. The van der Waals surface area contributed by atoms with Crippen LogP contribution in [0.2, 0.25) is 0 Å². The average Bonchev–Trinajstić information content (AvgIpc) is 1.99. The van der Waals surface area contributed by atoms with Crippen LogP contribution in [0.4, 0.5) is 13.2 Å². The van der Waals surface area contributed by atoms with Crippen LogP contribution in [0.3, 0.4) is 0 Å². The second-order valence-corrected chi connectivity index (χ2v) is 4.51. The highest BCUT2D eigenvalue weighted by Gasteiger charge is 2.51.